The summed E-state index contributed by atoms with van der Waals surface area (Å²) in [6.45, 7) is 0. The Kier molecular flexibility index (Phi) is 2.28. The van der Waals surface area contributed by atoms with Crippen LogP contribution in [0.3, 0.4) is 0 Å². The summed E-state index contributed by atoms with van der Waals surface area (Å²) >= 11 is 0. The number of rotatable bonds is 1. The van der Waals surface area contributed by atoms with Crippen LogP contribution in [0, 0.1) is 11.3 Å². The molecule has 1 rings (SSSR count). The van der Waals surface area contributed by atoms with E-state index in [1.165, 1.54) is 6.07 Å². The van der Waals surface area contributed by atoms with E-state index < -0.39 is 17.7 Å². The lowest BCUT2D eigenvalue weighted by molar-refractivity contribution is 0.145. The van der Waals surface area contributed by atoms with Gasteiger partial charge in [0.1, 0.15) is 17.3 Å². The van der Waals surface area contributed by atoms with Gasteiger partial charge in [-0.25, -0.2) is 8.78 Å². The highest BCUT2D eigenvalue weighted by Gasteiger charge is 2.16. The fourth-order valence-electron chi connectivity index (χ4n) is 0.889. The van der Waals surface area contributed by atoms with Crippen molar-refractivity contribution in [3.05, 3.63) is 27.7 Å². The van der Waals surface area contributed by atoms with Crippen LogP contribution in [0.5, 0.6) is 0 Å². The van der Waals surface area contributed by atoms with Gasteiger partial charge in [0.05, 0.1) is 5.69 Å². The number of hydrogen-bond acceptors (Lipinski definition) is 3. The summed E-state index contributed by atoms with van der Waals surface area (Å²) in [5.41, 5.74) is 3.11. The lowest BCUT2D eigenvalue weighted by atomic mass is 10.2. The standard InChI is InChI=1S/C7H5F2N3O/c8-7(9)6-3(2-10)4(11)1-5(13)12-6/h1,7H,(H3,11,12,13). The smallest absolute Gasteiger partial charge is 0.279 e. The predicted octanol–water partition coefficient (Wildman–Crippen LogP) is 0.766. The van der Waals surface area contributed by atoms with E-state index in [9.17, 15) is 13.6 Å². The minimum absolute atomic E-state index is 0.235. The molecule has 0 aliphatic rings. The van der Waals surface area contributed by atoms with Crippen molar-refractivity contribution in [2.75, 3.05) is 5.73 Å². The van der Waals surface area contributed by atoms with Crippen molar-refractivity contribution in [1.82, 2.24) is 4.98 Å². The number of alkyl halides is 2. The van der Waals surface area contributed by atoms with Gasteiger partial charge in [-0.3, -0.25) is 4.79 Å². The Morgan fingerprint density at radius 1 is 1.62 bits per heavy atom. The highest BCUT2D eigenvalue weighted by Crippen LogP contribution is 2.21. The molecule has 0 aliphatic carbocycles. The van der Waals surface area contributed by atoms with E-state index in [1.807, 2.05) is 4.98 Å². The Hall–Kier alpha value is -1.90. The van der Waals surface area contributed by atoms with Crippen molar-refractivity contribution in [3.63, 3.8) is 0 Å². The van der Waals surface area contributed by atoms with E-state index in [4.69, 9.17) is 11.0 Å². The summed E-state index contributed by atoms with van der Waals surface area (Å²) < 4.78 is 24.4. The molecule has 4 nitrogen and oxygen atoms in total. The number of nitriles is 1. The van der Waals surface area contributed by atoms with Crippen LogP contribution in [0.4, 0.5) is 14.5 Å². The van der Waals surface area contributed by atoms with Crippen molar-refractivity contribution < 1.29 is 8.78 Å². The average molecular weight is 185 g/mol. The van der Waals surface area contributed by atoms with Crippen LogP contribution in [0.1, 0.15) is 17.7 Å². The number of halogens is 2. The number of pyridine rings is 1. The molecule has 6 heteroatoms. The summed E-state index contributed by atoms with van der Waals surface area (Å²) in [6.07, 6.45) is -2.91. The molecule has 0 atom stereocenters. The monoisotopic (exact) mass is 185 g/mol. The Labute approximate surface area is 71.6 Å². The molecule has 68 valence electrons. The van der Waals surface area contributed by atoms with Crippen molar-refractivity contribution in [1.29, 1.82) is 5.26 Å². The molecule has 1 heterocycles. The topological polar surface area (TPSA) is 82.7 Å². The van der Waals surface area contributed by atoms with E-state index in [1.54, 1.807) is 0 Å². The largest absolute Gasteiger partial charge is 0.397 e. The van der Waals surface area contributed by atoms with E-state index in [0.717, 1.165) is 6.07 Å². The zero-order valence-electron chi connectivity index (χ0n) is 6.34. The second-order valence-electron chi connectivity index (χ2n) is 2.29. The zero-order valence-corrected chi connectivity index (χ0v) is 6.34. The van der Waals surface area contributed by atoms with Crippen LogP contribution < -0.4 is 11.3 Å². The number of nitrogens with zero attached hydrogens (tertiary/aromatic N) is 1. The van der Waals surface area contributed by atoms with Crippen molar-refractivity contribution in [2.24, 2.45) is 0 Å². The second-order valence-corrected chi connectivity index (χ2v) is 2.29. The van der Waals surface area contributed by atoms with Gasteiger partial charge in [0.15, 0.2) is 0 Å². The Bertz CT molecular complexity index is 419. The summed E-state index contributed by atoms with van der Waals surface area (Å²) in [5, 5.41) is 8.45. The van der Waals surface area contributed by atoms with Gasteiger partial charge in [0, 0.05) is 6.07 Å². The third-order valence-electron chi connectivity index (χ3n) is 1.43. The van der Waals surface area contributed by atoms with Crippen LogP contribution in [0.2, 0.25) is 0 Å². The number of H-pyrrole nitrogens is 1. The first-order valence-corrected chi connectivity index (χ1v) is 3.27. The molecule has 0 amide bonds. The van der Waals surface area contributed by atoms with Gasteiger partial charge in [-0.15, -0.1) is 0 Å². The minimum Gasteiger partial charge on any atom is -0.397 e. The first-order chi connectivity index (χ1) is 6.06. The van der Waals surface area contributed by atoms with Crippen LogP contribution in [-0.2, 0) is 0 Å². The second kappa shape index (κ2) is 3.23. The summed E-state index contributed by atoms with van der Waals surface area (Å²) in [6, 6.07) is 2.39. The number of hydrogen-bond donors (Lipinski definition) is 2. The average Bonchev–Trinajstić information content (AvgIpc) is 2.02. The lowest BCUT2D eigenvalue weighted by Gasteiger charge is -2.03. The van der Waals surface area contributed by atoms with E-state index in [2.05, 4.69) is 0 Å². The number of nitrogens with two attached hydrogens (primary N) is 1. The van der Waals surface area contributed by atoms with E-state index in [0.29, 0.717) is 0 Å². The number of nitrogens with one attached hydrogen (secondary N) is 1. The SMILES string of the molecule is N#Cc1c(N)cc(=O)[nH]c1C(F)F. The predicted molar refractivity (Wildman–Crippen MR) is 41.1 cm³/mol. The maximum atomic E-state index is 12.2. The number of anilines is 1. The molecule has 0 aromatic carbocycles. The maximum Gasteiger partial charge on any atom is 0.279 e. The molecule has 13 heavy (non-hydrogen) atoms. The molecule has 1 aromatic heterocycles. The molecular formula is C7H5F2N3O. The Morgan fingerprint density at radius 2 is 2.23 bits per heavy atom. The molecule has 0 bridgehead atoms. The molecule has 0 fully saturated rings. The third kappa shape index (κ3) is 1.64. The zero-order chi connectivity index (χ0) is 10.0. The van der Waals surface area contributed by atoms with Crippen molar-refractivity contribution in [2.45, 2.75) is 6.43 Å². The van der Waals surface area contributed by atoms with Gasteiger partial charge in [-0.05, 0) is 0 Å². The lowest BCUT2D eigenvalue weighted by Crippen LogP contribution is -2.12. The van der Waals surface area contributed by atoms with E-state index >= 15 is 0 Å². The fraction of sp³-hybridized carbons (Fsp3) is 0.143. The molecule has 0 spiro atoms. The normalized spacial score (nSPS) is 10.0. The summed E-state index contributed by atoms with van der Waals surface area (Å²) in [4.78, 5) is 12.6. The van der Waals surface area contributed by atoms with Crippen LogP contribution >= 0.6 is 0 Å². The molecule has 1 aromatic rings. The van der Waals surface area contributed by atoms with Gasteiger partial charge in [0.25, 0.3) is 6.43 Å². The number of aromatic nitrogens is 1. The summed E-state index contributed by atoms with van der Waals surface area (Å²) in [7, 11) is 0. The van der Waals surface area contributed by atoms with E-state index in [-0.39, 0.29) is 11.3 Å². The third-order valence-corrected chi connectivity index (χ3v) is 1.43. The quantitative estimate of drug-likeness (QED) is 0.677. The molecule has 0 saturated carbocycles. The highest BCUT2D eigenvalue weighted by atomic mass is 19.3. The molecule has 0 radical (unpaired) electrons. The fourth-order valence-corrected chi connectivity index (χ4v) is 0.889. The van der Waals surface area contributed by atoms with Gasteiger partial charge in [0.2, 0.25) is 5.56 Å². The molecule has 0 unspecified atom stereocenters. The minimum atomic E-state index is -2.91. The Balaban J connectivity index is 3.50. The van der Waals surface area contributed by atoms with Gasteiger partial charge >= 0.3 is 0 Å². The van der Waals surface area contributed by atoms with Gasteiger partial charge < -0.3 is 10.7 Å². The van der Waals surface area contributed by atoms with Crippen molar-refractivity contribution >= 4 is 5.69 Å². The van der Waals surface area contributed by atoms with Crippen LogP contribution in [0.15, 0.2) is 10.9 Å². The number of aromatic amines is 1. The van der Waals surface area contributed by atoms with Gasteiger partial charge in [-0.1, -0.05) is 0 Å². The van der Waals surface area contributed by atoms with Crippen molar-refractivity contribution in [3.8, 4) is 6.07 Å². The first-order valence-electron chi connectivity index (χ1n) is 3.27. The van der Waals surface area contributed by atoms with Crippen LogP contribution in [0.25, 0.3) is 0 Å². The van der Waals surface area contributed by atoms with Gasteiger partial charge in [-0.2, -0.15) is 5.26 Å². The Morgan fingerprint density at radius 3 is 2.69 bits per heavy atom. The molecule has 3 N–H and O–H groups in total. The maximum absolute atomic E-state index is 12.2. The highest BCUT2D eigenvalue weighted by molar-refractivity contribution is 5.55. The number of nitrogen functional groups attached to an aromatic ring is 1. The van der Waals surface area contributed by atoms with Crippen LogP contribution in [-0.4, -0.2) is 4.98 Å². The first kappa shape index (κ1) is 9.19. The molecular weight excluding hydrogens is 180 g/mol. The molecule has 0 saturated heterocycles. The summed E-state index contributed by atoms with van der Waals surface area (Å²) in [5.74, 6) is 0. The molecule has 0 aliphatic heterocycles.